The van der Waals surface area contributed by atoms with E-state index in [1.807, 2.05) is 60.7 Å². The van der Waals surface area contributed by atoms with Crippen LogP contribution in [0.15, 0.2) is 164 Å². The van der Waals surface area contributed by atoms with E-state index in [4.69, 9.17) is 19.9 Å². The van der Waals surface area contributed by atoms with Crippen molar-refractivity contribution in [2.75, 3.05) is 0 Å². The predicted molar refractivity (Wildman–Crippen MR) is 215 cm³/mol. The van der Waals surface area contributed by atoms with Gasteiger partial charge in [0.25, 0.3) is 0 Å². The van der Waals surface area contributed by atoms with Crippen LogP contribution >= 0.6 is 0 Å². The molecule has 0 N–H and O–H groups in total. The van der Waals surface area contributed by atoms with Gasteiger partial charge in [-0.05, 0) is 47.4 Å². The molecule has 0 fully saturated rings. The Hall–Kier alpha value is -6.72. The van der Waals surface area contributed by atoms with Crippen molar-refractivity contribution in [1.82, 2.24) is 24.5 Å². The standard InChI is InChI=1S/C47H33N5/c1-30-15-14-20-33(29-30)52-41-26-13-11-24-39(41)42-38-23-10-12-25-40(38)48-43(44(42)52)36-27-28-37(35-22-9-8-21-34(35)36)47-50-45(31-16-4-2-5-17-31)49-46(51-47)32-18-6-3-7-19-32/h2-14,16-30H,15H2,1H3. The summed E-state index contributed by atoms with van der Waals surface area (Å²) in [5, 5.41) is 5.73. The number of hydrogen-bond acceptors (Lipinski definition) is 4. The Balaban J connectivity index is 1.27. The second kappa shape index (κ2) is 12.3. The predicted octanol–water partition coefficient (Wildman–Crippen LogP) is 11.8. The van der Waals surface area contributed by atoms with E-state index >= 15 is 0 Å². The summed E-state index contributed by atoms with van der Waals surface area (Å²) in [5.41, 5.74) is 9.28. The number of para-hydroxylation sites is 2. The van der Waals surface area contributed by atoms with Crippen molar-refractivity contribution in [3.8, 4) is 45.4 Å². The van der Waals surface area contributed by atoms with Crippen LogP contribution in [0.2, 0.25) is 0 Å². The third-order valence-corrected chi connectivity index (χ3v) is 10.1. The lowest BCUT2D eigenvalue weighted by Crippen LogP contribution is -2.03. The van der Waals surface area contributed by atoms with Crippen molar-refractivity contribution < 1.29 is 0 Å². The fourth-order valence-corrected chi connectivity index (χ4v) is 7.75. The van der Waals surface area contributed by atoms with Gasteiger partial charge in [-0.2, -0.15) is 0 Å². The number of rotatable bonds is 5. The number of aromatic nitrogens is 5. The smallest absolute Gasteiger partial charge is 0.164 e. The van der Waals surface area contributed by atoms with Crippen molar-refractivity contribution in [3.63, 3.8) is 0 Å². The first-order valence-electron chi connectivity index (χ1n) is 17.8. The van der Waals surface area contributed by atoms with Gasteiger partial charge in [-0.15, -0.1) is 0 Å². The van der Waals surface area contributed by atoms with Crippen LogP contribution in [0, 0.1) is 5.92 Å². The van der Waals surface area contributed by atoms with Crippen molar-refractivity contribution in [3.05, 3.63) is 164 Å². The number of pyridine rings is 1. The monoisotopic (exact) mass is 667 g/mol. The fourth-order valence-electron chi connectivity index (χ4n) is 7.75. The van der Waals surface area contributed by atoms with Crippen LogP contribution in [0.25, 0.3) is 94.6 Å². The molecule has 5 nitrogen and oxygen atoms in total. The first-order chi connectivity index (χ1) is 25.7. The normalized spacial score (nSPS) is 14.4. The van der Waals surface area contributed by atoms with Gasteiger partial charge in [-0.1, -0.05) is 146 Å². The van der Waals surface area contributed by atoms with Crippen LogP contribution in [0.4, 0.5) is 0 Å². The number of nitrogens with zero attached hydrogens (tertiary/aromatic N) is 5. The van der Waals surface area contributed by atoms with E-state index in [9.17, 15) is 0 Å². The second-order valence-electron chi connectivity index (χ2n) is 13.5. The Morgan fingerprint density at radius 1 is 0.519 bits per heavy atom. The van der Waals surface area contributed by atoms with Gasteiger partial charge in [-0.3, -0.25) is 0 Å². The van der Waals surface area contributed by atoms with Gasteiger partial charge < -0.3 is 4.57 Å². The molecule has 3 aromatic heterocycles. The second-order valence-corrected chi connectivity index (χ2v) is 13.5. The highest BCUT2D eigenvalue weighted by molar-refractivity contribution is 6.25. The van der Waals surface area contributed by atoms with Gasteiger partial charge in [0.2, 0.25) is 0 Å². The minimum atomic E-state index is 0.440. The highest BCUT2D eigenvalue weighted by Gasteiger charge is 2.24. The molecule has 3 heterocycles. The molecule has 0 radical (unpaired) electrons. The average Bonchev–Trinajstić information content (AvgIpc) is 3.56. The summed E-state index contributed by atoms with van der Waals surface area (Å²) in [7, 11) is 0. The van der Waals surface area contributed by atoms with Crippen LogP contribution in [0.1, 0.15) is 13.3 Å². The highest BCUT2D eigenvalue weighted by atomic mass is 15.0. The molecule has 0 aliphatic heterocycles. The molecule has 52 heavy (non-hydrogen) atoms. The molecule has 246 valence electrons. The van der Waals surface area contributed by atoms with E-state index in [0.717, 1.165) is 61.6 Å². The Morgan fingerprint density at radius 2 is 1.08 bits per heavy atom. The van der Waals surface area contributed by atoms with Gasteiger partial charge >= 0.3 is 0 Å². The van der Waals surface area contributed by atoms with Gasteiger partial charge in [0, 0.05) is 44.1 Å². The zero-order chi connectivity index (χ0) is 34.6. The minimum absolute atomic E-state index is 0.440. The molecule has 1 aliphatic rings. The van der Waals surface area contributed by atoms with Crippen molar-refractivity contribution in [2.24, 2.45) is 5.92 Å². The topological polar surface area (TPSA) is 56.5 Å². The molecule has 0 spiro atoms. The third-order valence-electron chi connectivity index (χ3n) is 10.1. The summed E-state index contributed by atoms with van der Waals surface area (Å²) in [4.78, 5) is 20.6. The van der Waals surface area contributed by atoms with Gasteiger partial charge in [0.05, 0.1) is 22.2 Å². The van der Waals surface area contributed by atoms with Crippen LogP contribution in [-0.2, 0) is 0 Å². The Morgan fingerprint density at radius 3 is 1.77 bits per heavy atom. The Kier molecular flexibility index (Phi) is 7.10. The lowest BCUT2D eigenvalue weighted by Gasteiger charge is -2.18. The maximum Gasteiger partial charge on any atom is 0.164 e. The average molecular weight is 668 g/mol. The molecule has 0 saturated carbocycles. The molecular formula is C47H33N5. The zero-order valence-corrected chi connectivity index (χ0v) is 28.6. The molecule has 5 heteroatoms. The summed E-state index contributed by atoms with van der Waals surface area (Å²) >= 11 is 0. The van der Waals surface area contributed by atoms with E-state index in [2.05, 4.69) is 115 Å². The molecule has 0 bridgehead atoms. The lowest BCUT2D eigenvalue weighted by molar-refractivity contribution is 0.735. The lowest BCUT2D eigenvalue weighted by atomic mass is 9.95. The van der Waals surface area contributed by atoms with Gasteiger partial charge in [-0.25, -0.2) is 19.9 Å². The van der Waals surface area contributed by atoms with Crippen LogP contribution in [-0.4, -0.2) is 24.5 Å². The Bertz CT molecular complexity index is 2830. The van der Waals surface area contributed by atoms with Crippen LogP contribution in [0.5, 0.6) is 0 Å². The largest absolute Gasteiger partial charge is 0.307 e. The van der Waals surface area contributed by atoms with Crippen molar-refractivity contribution >= 4 is 49.2 Å². The van der Waals surface area contributed by atoms with Crippen molar-refractivity contribution in [1.29, 1.82) is 0 Å². The van der Waals surface area contributed by atoms with E-state index in [1.165, 1.54) is 22.0 Å². The summed E-state index contributed by atoms with van der Waals surface area (Å²) < 4.78 is 2.43. The molecule has 6 aromatic carbocycles. The SMILES string of the molecule is CC1C=C(n2c3ccccc3c3c4ccccc4nc(-c4ccc(-c5nc(-c6ccccc6)nc(-c6ccccc6)n5)c5ccccc45)c32)C=CC1. The number of fused-ring (bicyclic) bond motifs is 6. The maximum absolute atomic E-state index is 5.49. The van der Waals surface area contributed by atoms with E-state index in [-0.39, 0.29) is 0 Å². The molecule has 10 rings (SSSR count). The number of hydrogen-bond donors (Lipinski definition) is 0. The highest BCUT2D eigenvalue weighted by Crippen LogP contribution is 2.44. The maximum atomic E-state index is 5.49. The minimum Gasteiger partial charge on any atom is -0.307 e. The number of benzene rings is 6. The summed E-state index contributed by atoms with van der Waals surface area (Å²) in [5.74, 6) is 2.36. The summed E-state index contributed by atoms with van der Waals surface area (Å²) in [6, 6.07) is 50.5. The Labute approximate surface area is 301 Å². The quantitative estimate of drug-likeness (QED) is 0.183. The van der Waals surface area contributed by atoms with E-state index < -0.39 is 0 Å². The molecule has 0 amide bonds. The van der Waals surface area contributed by atoms with Crippen LogP contribution < -0.4 is 0 Å². The third kappa shape index (κ3) is 4.93. The first kappa shape index (κ1) is 30.1. The first-order valence-corrected chi connectivity index (χ1v) is 17.8. The van der Waals surface area contributed by atoms with Gasteiger partial charge in [0.1, 0.15) is 0 Å². The number of allylic oxidation sites excluding steroid dienone is 4. The molecule has 9 aromatic rings. The molecular weight excluding hydrogens is 635 g/mol. The van der Waals surface area contributed by atoms with Crippen molar-refractivity contribution in [2.45, 2.75) is 13.3 Å². The zero-order valence-electron chi connectivity index (χ0n) is 28.6. The molecule has 1 unspecified atom stereocenters. The van der Waals surface area contributed by atoms with Gasteiger partial charge in [0.15, 0.2) is 17.5 Å². The molecule has 0 saturated heterocycles. The van der Waals surface area contributed by atoms with Crippen LogP contribution in [0.3, 0.4) is 0 Å². The summed E-state index contributed by atoms with van der Waals surface area (Å²) in [6.07, 6.45) is 7.99. The molecule has 1 atom stereocenters. The van der Waals surface area contributed by atoms with E-state index in [1.54, 1.807) is 0 Å². The van der Waals surface area contributed by atoms with E-state index in [0.29, 0.717) is 23.4 Å². The molecule has 1 aliphatic carbocycles. The summed E-state index contributed by atoms with van der Waals surface area (Å²) in [6.45, 7) is 2.28. The fraction of sp³-hybridized carbons (Fsp3) is 0.0638.